The minimum atomic E-state index is -0.220. The SMILES string of the molecule is CCCC=C=C[C@@H](C)CC(C)(C)C#N. The molecule has 0 fully saturated rings. The Morgan fingerprint density at radius 2 is 2.07 bits per heavy atom. The van der Waals surface area contributed by atoms with Crippen molar-refractivity contribution in [3.63, 3.8) is 0 Å². The molecule has 0 bridgehead atoms. The summed E-state index contributed by atoms with van der Waals surface area (Å²) in [4.78, 5) is 0. The zero-order valence-electron chi connectivity index (χ0n) is 9.80. The highest BCUT2D eigenvalue weighted by atomic mass is 14.3. The summed E-state index contributed by atoms with van der Waals surface area (Å²) in [5, 5.41) is 8.86. The summed E-state index contributed by atoms with van der Waals surface area (Å²) in [5.41, 5.74) is 2.95. The lowest BCUT2D eigenvalue weighted by molar-refractivity contribution is 0.399. The number of allylic oxidation sites excluding steroid dienone is 1. The molecule has 0 rings (SSSR count). The van der Waals surface area contributed by atoms with Crippen molar-refractivity contribution >= 4 is 0 Å². The number of nitrogens with zero attached hydrogens (tertiary/aromatic N) is 1. The highest BCUT2D eigenvalue weighted by Gasteiger charge is 2.18. The van der Waals surface area contributed by atoms with Gasteiger partial charge in [-0.1, -0.05) is 20.3 Å². The van der Waals surface area contributed by atoms with Gasteiger partial charge < -0.3 is 0 Å². The smallest absolute Gasteiger partial charge is 0.0684 e. The van der Waals surface area contributed by atoms with Gasteiger partial charge in [-0.2, -0.15) is 5.26 Å². The minimum absolute atomic E-state index is 0.220. The minimum Gasteiger partial charge on any atom is -0.198 e. The van der Waals surface area contributed by atoms with E-state index in [1.54, 1.807) is 0 Å². The van der Waals surface area contributed by atoms with Crippen molar-refractivity contribution < 1.29 is 0 Å². The molecule has 0 unspecified atom stereocenters. The third kappa shape index (κ3) is 6.52. The second kappa shape index (κ2) is 6.46. The predicted octanol–water partition coefficient (Wildman–Crippen LogP) is 4.07. The van der Waals surface area contributed by atoms with Crippen LogP contribution in [0.4, 0.5) is 0 Å². The second-order valence-corrected chi connectivity index (χ2v) is 4.50. The molecule has 14 heavy (non-hydrogen) atoms. The fourth-order valence-electron chi connectivity index (χ4n) is 1.37. The second-order valence-electron chi connectivity index (χ2n) is 4.50. The van der Waals surface area contributed by atoms with Crippen LogP contribution >= 0.6 is 0 Å². The number of hydrogen-bond acceptors (Lipinski definition) is 1. The lowest BCUT2D eigenvalue weighted by Gasteiger charge is -2.17. The Morgan fingerprint density at radius 3 is 2.57 bits per heavy atom. The number of nitriles is 1. The first-order valence-corrected chi connectivity index (χ1v) is 5.34. The molecule has 1 atom stereocenters. The Labute approximate surface area is 88.1 Å². The Bertz CT molecular complexity index is 249. The van der Waals surface area contributed by atoms with Gasteiger partial charge in [-0.15, -0.1) is 5.73 Å². The Balaban J connectivity index is 4.05. The zero-order chi connectivity index (χ0) is 11.0. The molecule has 0 saturated heterocycles. The van der Waals surface area contributed by atoms with Crippen molar-refractivity contribution in [2.45, 2.75) is 47.0 Å². The monoisotopic (exact) mass is 191 g/mol. The Hall–Kier alpha value is -0.990. The largest absolute Gasteiger partial charge is 0.198 e. The average molecular weight is 191 g/mol. The number of rotatable bonds is 5. The van der Waals surface area contributed by atoms with Gasteiger partial charge in [0, 0.05) is 0 Å². The summed E-state index contributed by atoms with van der Waals surface area (Å²) < 4.78 is 0. The molecule has 0 aliphatic heterocycles. The fourth-order valence-corrected chi connectivity index (χ4v) is 1.37. The van der Waals surface area contributed by atoms with Gasteiger partial charge in [-0.05, 0) is 44.8 Å². The van der Waals surface area contributed by atoms with Crippen molar-refractivity contribution in [1.82, 2.24) is 0 Å². The zero-order valence-corrected chi connectivity index (χ0v) is 9.80. The van der Waals surface area contributed by atoms with Crippen LogP contribution in [0.5, 0.6) is 0 Å². The van der Waals surface area contributed by atoms with Crippen molar-refractivity contribution in [2.24, 2.45) is 11.3 Å². The summed E-state index contributed by atoms with van der Waals surface area (Å²) in [6.45, 7) is 8.24. The summed E-state index contributed by atoms with van der Waals surface area (Å²) in [5.74, 6) is 0.428. The van der Waals surface area contributed by atoms with Gasteiger partial charge in [0.25, 0.3) is 0 Å². The maximum Gasteiger partial charge on any atom is 0.0684 e. The lowest BCUT2D eigenvalue weighted by Crippen LogP contribution is -2.11. The van der Waals surface area contributed by atoms with E-state index in [1.165, 1.54) is 6.42 Å². The van der Waals surface area contributed by atoms with E-state index in [1.807, 2.05) is 13.8 Å². The van der Waals surface area contributed by atoms with Crippen molar-refractivity contribution in [3.8, 4) is 6.07 Å². The van der Waals surface area contributed by atoms with E-state index >= 15 is 0 Å². The molecule has 78 valence electrons. The maximum absolute atomic E-state index is 8.86. The van der Waals surface area contributed by atoms with Crippen molar-refractivity contribution in [1.29, 1.82) is 5.26 Å². The van der Waals surface area contributed by atoms with E-state index in [2.05, 4.69) is 37.8 Å². The normalized spacial score (nSPS) is 12.5. The maximum atomic E-state index is 8.86. The molecule has 0 N–H and O–H groups in total. The van der Waals surface area contributed by atoms with Gasteiger partial charge >= 0.3 is 0 Å². The molecule has 0 spiro atoms. The van der Waals surface area contributed by atoms with Crippen LogP contribution in [0.15, 0.2) is 17.9 Å². The van der Waals surface area contributed by atoms with Crippen LogP contribution in [0, 0.1) is 22.7 Å². The van der Waals surface area contributed by atoms with Gasteiger partial charge in [-0.3, -0.25) is 0 Å². The Morgan fingerprint density at radius 1 is 1.43 bits per heavy atom. The molecule has 1 nitrogen and oxygen atoms in total. The molecule has 0 aliphatic rings. The summed E-state index contributed by atoms with van der Waals surface area (Å²) in [7, 11) is 0. The quantitative estimate of drug-likeness (QED) is 0.601. The van der Waals surface area contributed by atoms with Crippen LogP contribution in [-0.2, 0) is 0 Å². The third-order valence-electron chi connectivity index (χ3n) is 2.07. The van der Waals surface area contributed by atoms with E-state index in [4.69, 9.17) is 5.26 Å². The first kappa shape index (κ1) is 13.0. The van der Waals surface area contributed by atoms with Crippen LogP contribution in [0.1, 0.15) is 47.0 Å². The fraction of sp³-hybridized carbons (Fsp3) is 0.692. The molecule has 0 aromatic carbocycles. The van der Waals surface area contributed by atoms with Gasteiger partial charge in [0.1, 0.15) is 0 Å². The van der Waals surface area contributed by atoms with E-state index in [0.29, 0.717) is 5.92 Å². The van der Waals surface area contributed by atoms with Gasteiger partial charge in [-0.25, -0.2) is 0 Å². The molecule has 0 aromatic rings. The lowest BCUT2D eigenvalue weighted by atomic mass is 9.85. The van der Waals surface area contributed by atoms with Crippen molar-refractivity contribution in [3.05, 3.63) is 17.9 Å². The molecule has 0 amide bonds. The average Bonchev–Trinajstić information content (AvgIpc) is 2.12. The third-order valence-corrected chi connectivity index (χ3v) is 2.07. The molecule has 0 saturated carbocycles. The van der Waals surface area contributed by atoms with E-state index < -0.39 is 0 Å². The van der Waals surface area contributed by atoms with E-state index in [0.717, 1.165) is 12.8 Å². The Kier molecular flexibility index (Phi) is 6.00. The highest BCUT2D eigenvalue weighted by Crippen LogP contribution is 2.24. The number of hydrogen-bond donors (Lipinski definition) is 0. The van der Waals surface area contributed by atoms with Gasteiger partial charge in [0.05, 0.1) is 11.5 Å². The molecule has 0 radical (unpaired) electrons. The van der Waals surface area contributed by atoms with Crippen LogP contribution < -0.4 is 0 Å². The first-order chi connectivity index (χ1) is 6.52. The molecule has 0 heterocycles. The van der Waals surface area contributed by atoms with Gasteiger partial charge in [0.2, 0.25) is 0 Å². The predicted molar refractivity (Wildman–Crippen MR) is 60.7 cm³/mol. The standard InChI is InChI=1S/C13H21N/c1-5-6-7-8-9-12(2)10-13(3,4)11-14/h7,9,12H,5-6,10H2,1-4H3/t8?,12-/m1/s1. The molecule has 1 heteroatoms. The molecular formula is C13H21N. The summed E-state index contributed by atoms with van der Waals surface area (Å²) in [6, 6.07) is 2.32. The first-order valence-electron chi connectivity index (χ1n) is 5.34. The number of unbranched alkanes of at least 4 members (excludes halogenated alkanes) is 1. The van der Waals surface area contributed by atoms with Crippen LogP contribution in [-0.4, -0.2) is 0 Å². The highest BCUT2D eigenvalue weighted by molar-refractivity contribution is 4.97. The topological polar surface area (TPSA) is 23.8 Å². The van der Waals surface area contributed by atoms with Crippen molar-refractivity contribution in [2.75, 3.05) is 0 Å². The summed E-state index contributed by atoms with van der Waals surface area (Å²) >= 11 is 0. The van der Waals surface area contributed by atoms with Crippen LogP contribution in [0.3, 0.4) is 0 Å². The molecule has 0 aliphatic carbocycles. The molecular weight excluding hydrogens is 170 g/mol. The van der Waals surface area contributed by atoms with Gasteiger partial charge in [0.15, 0.2) is 0 Å². The van der Waals surface area contributed by atoms with Crippen LogP contribution in [0.2, 0.25) is 0 Å². The summed E-state index contributed by atoms with van der Waals surface area (Å²) in [6.07, 6.45) is 7.28. The van der Waals surface area contributed by atoms with E-state index in [-0.39, 0.29) is 5.41 Å². The molecule has 0 aromatic heterocycles. The van der Waals surface area contributed by atoms with E-state index in [9.17, 15) is 0 Å². The van der Waals surface area contributed by atoms with Crippen LogP contribution in [0.25, 0.3) is 0 Å².